The summed E-state index contributed by atoms with van der Waals surface area (Å²) in [5.74, 6) is -0.242. The molecule has 1 aliphatic heterocycles. The largest absolute Gasteiger partial charge is 0.484 e. The average Bonchev–Trinajstić information content (AvgIpc) is 2.66. The predicted molar refractivity (Wildman–Crippen MR) is 106 cm³/mol. The maximum atomic E-state index is 13.0. The summed E-state index contributed by atoms with van der Waals surface area (Å²) in [6.45, 7) is 3.67. The van der Waals surface area contributed by atoms with Gasteiger partial charge in [-0.2, -0.15) is 0 Å². The molecular weight excluding hydrogens is 375 g/mol. The fourth-order valence-corrected chi connectivity index (χ4v) is 3.29. The molecule has 0 saturated carbocycles. The van der Waals surface area contributed by atoms with Crippen molar-refractivity contribution in [2.45, 2.75) is 32.0 Å². The second-order valence-electron chi connectivity index (χ2n) is 7.47. The van der Waals surface area contributed by atoms with Gasteiger partial charge in [-0.3, -0.25) is 0 Å². The van der Waals surface area contributed by atoms with E-state index in [1.807, 2.05) is 19.9 Å². The molecule has 0 spiro atoms. The van der Waals surface area contributed by atoms with Gasteiger partial charge in [0.25, 0.3) is 0 Å². The first kappa shape index (κ1) is 18.9. The zero-order valence-corrected chi connectivity index (χ0v) is 16.0. The highest BCUT2D eigenvalue weighted by Crippen LogP contribution is 2.37. The van der Waals surface area contributed by atoms with E-state index in [2.05, 4.69) is 0 Å². The Morgan fingerprint density at radius 3 is 2.69 bits per heavy atom. The van der Waals surface area contributed by atoms with Crippen LogP contribution in [-0.2, 0) is 16.0 Å². The third-order valence-electron chi connectivity index (χ3n) is 4.90. The molecule has 1 aliphatic rings. The van der Waals surface area contributed by atoms with Gasteiger partial charge in [0.1, 0.15) is 28.9 Å². The Bertz CT molecular complexity index is 1160. The third kappa shape index (κ3) is 4.06. The molecule has 0 amide bonds. The zero-order valence-electron chi connectivity index (χ0n) is 16.0. The van der Waals surface area contributed by atoms with Crippen LogP contribution in [0.25, 0.3) is 17.0 Å². The number of benzene rings is 2. The normalized spacial score (nSPS) is 17.7. The van der Waals surface area contributed by atoms with Crippen LogP contribution in [0.2, 0.25) is 0 Å². The quantitative estimate of drug-likeness (QED) is 0.377. The maximum absolute atomic E-state index is 13.0. The van der Waals surface area contributed by atoms with Crippen molar-refractivity contribution in [3.05, 3.63) is 82.0 Å². The highest BCUT2D eigenvalue weighted by Gasteiger charge is 2.39. The van der Waals surface area contributed by atoms with Gasteiger partial charge in [-0.1, -0.05) is 12.1 Å². The molecule has 0 fully saturated rings. The van der Waals surface area contributed by atoms with Crippen LogP contribution >= 0.6 is 0 Å². The molecule has 3 aromatic rings. The lowest BCUT2D eigenvalue weighted by Crippen LogP contribution is -2.48. The van der Waals surface area contributed by atoms with E-state index < -0.39 is 23.3 Å². The molecule has 148 valence electrons. The SMILES string of the molecule is CC1(C)Oc2cc3oc(=O)ccc3cc2C[C@@H]1OC(=O)/C=C/c1ccc(F)cc1. The number of hydrogen-bond acceptors (Lipinski definition) is 5. The van der Waals surface area contributed by atoms with Crippen molar-refractivity contribution in [2.75, 3.05) is 0 Å². The lowest BCUT2D eigenvalue weighted by Gasteiger charge is -2.39. The lowest BCUT2D eigenvalue weighted by atomic mass is 9.90. The first-order chi connectivity index (χ1) is 13.8. The number of fused-ring (bicyclic) bond motifs is 2. The van der Waals surface area contributed by atoms with Gasteiger partial charge in [-0.05, 0) is 55.3 Å². The van der Waals surface area contributed by atoms with E-state index in [0.29, 0.717) is 23.3 Å². The Labute approximate surface area is 166 Å². The summed E-state index contributed by atoms with van der Waals surface area (Å²) in [7, 11) is 0. The first-order valence-corrected chi connectivity index (χ1v) is 9.20. The number of ether oxygens (including phenoxy) is 2. The molecule has 4 rings (SSSR count). The molecule has 0 N–H and O–H groups in total. The molecule has 0 bridgehead atoms. The number of esters is 1. The Hall–Kier alpha value is -3.41. The topological polar surface area (TPSA) is 65.7 Å². The van der Waals surface area contributed by atoms with E-state index in [1.165, 1.54) is 24.3 Å². The first-order valence-electron chi connectivity index (χ1n) is 9.20. The van der Waals surface area contributed by atoms with Gasteiger partial charge in [0.2, 0.25) is 0 Å². The van der Waals surface area contributed by atoms with Crippen molar-refractivity contribution in [3.8, 4) is 5.75 Å². The summed E-state index contributed by atoms with van der Waals surface area (Å²) in [4.78, 5) is 23.8. The molecule has 1 atom stereocenters. The fourth-order valence-electron chi connectivity index (χ4n) is 3.29. The van der Waals surface area contributed by atoms with E-state index in [0.717, 1.165) is 10.9 Å². The number of hydrogen-bond donors (Lipinski definition) is 0. The van der Waals surface area contributed by atoms with Crippen LogP contribution in [0, 0.1) is 5.82 Å². The Morgan fingerprint density at radius 2 is 1.93 bits per heavy atom. The summed E-state index contributed by atoms with van der Waals surface area (Å²) in [5, 5.41) is 0.771. The monoisotopic (exact) mass is 394 g/mol. The zero-order chi connectivity index (χ0) is 20.6. The van der Waals surface area contributed by atoms with E-state index in [-0.39, 0.29) is 5.82 Å². The number of carbonyl (C=O) groups is 1. The van der Waals surface area contributed by atoms with Gasteiger partial charge in [0.15, 0.2) is 0 Å². The highest BCUT2D eigenvalue weighted by molar-refractivity contribution is 5.87. The molecule has 5 nitrogen and oxygen atoms in total. The van der Waals surface area contributed by atoms with E-state index in [9.17, 15) is 14.0 Å². The molecule has 0 aliphatic carbocycles. The van der Waals surface area contributed by atoms with Gasteiger partial charge in [-0.25, -0.2) is 14.0 Å². The van der Waals surface area contributed by atoms with Crippen molar-refractivity contribution in [1.29, 1.82) is 0 Å². The molecule has 2 heterocycles. The Kier molecular flexibility index (Phi) is 4.70. The van der Waals surface area contributed by atoms with E-state index >= 15 is 0 Å². The molecular formula is C23H19FO5. The van der Waals surface area contributed by atoms with Gasteiger partial charge in [-0.15, -0.1) is 0 Å². The van der Waals surface area contributed by atoms with E-state index in [1.54, 1.807) is 30.3 Å². The summed E-state index contributed by atoms with van der Waals surface area (Å²) >= 11 is 0. The number of carbonyl (C=O) groups excluding carboxylic acids is 1. The summed E-state index contributed by atoms with van der Waals surface area (Å²) in [5.41, 5.74) is 0.818. The second-order valence-corrected chi connectivity index (χ2v) is 7.47. The van der Waals surface area contributed by atoms with Crippen molar-refractivity contribution >= 4 is 23.0 Å². The van der Waals surface area contributed by atoms with Gasteiger partial charge in [0, 0.05) is 30.0 Å². The average molecular weight is 394 g/mol. The van der Waals surface area contributed by atoms with Gasteiger partial charge < -0.3 is 13.9 Å². The minimum absolute atomic E-state index is 0.337. The lowest BCUT2D eigenvalue weighted by molar-refractivity contribution is -0.155. The van der Waals surface area contributed by atoms with Crippen LogP contribution in [0.15, 0.2) is 63.8 Å². The molecule has 29 heavy (non-hydrogen) atoms. The van der Waals surface area contributed by atoms with E-state index in [4.69, 9.17) is 13.9 Å². The van der Waals surface area contributed by atoms with Crippen LogP contribution < -0.4 is 10.4 Å². The summed E-state index contributed by atoms with van der Waals surface area (Å²) in [6, 6.07) is 12.4. The maximum Gasteiger partial charge on any atom is 0.336 e. The van der Waals surface area contributed by atoms with Crippen molar-refractivity contribution in [3.63, 3.8) is 0 Å². The van der Waals surface area contributed by atoms with Crippen LogP contribution in [0.3, 0.4) is 0 Å². The summed E-state index contributed by atoms with van der Waals surface area (Å²) < 4.78 is 29.9. The summed E-state index contributed by atoms with van der Waals surface area (Å²) in [6.07, 6.45) is 2.84. The third-order valence-corrected chi connectivity index (χ3v) is 4.90. The fraction of sp³-hybridized carbons (Fsp3) is 0.217. The molecule has 6 heteroatoms. The Balaban J connectivity index is 1.54. The number of halogens is 1. The van der Waals surface area contributed by atoms with Crippen molar-refractivity contribution in [1.82, 2.24) is 0 Å². The molecule has 0 unspecified atom stereocenters. The van der Waals surface area contributed by atoms with Crippen LogP contribution in [0.1, 0.15) is 25.0 Å². The van der Waals surface area contributed by atoms with Crippen LogP contribution in [0.5, 0.6) is 5.75 Å². The van der Waals surface area contributed by atoms with Gasteiger partial charge in [0.05, 0.1) is 0 Å². The van der Waals surface area contributed by atoms with Crippen LogP contribution in [-0.4, -0.2) is 17.7 Å². The standard InChI is InChI=1S/C23H19FO5/c1-23(2)20(28-22(26)9-5-14-3-7-17(24)8-4-14)12-16-11-15-6-10-21(25)27-18(15)13-19(16)29-23/h3-11,13,20H,12H2,1-2H3/b9-5+/t20-/m0/s1. The smallest absolute Gasteiger partial charge is 0.336 e. The van der Waals surface area contributed by atoms with Gasteiger partial charge >= 0.3 is 11.6 Å². The van der Waals surface area contributed by atoms with Crippen molar-refractivity contribution in [2.24, 2.45) is 0 Å². The molecule has 0 radical (unpaired) electrons. The minimum Gasteiger partial charge on any atom is -0.484 e. The van der Waals surface area contributed by atoms with Crippen LogP contribution in [0.4, 0.5) is 4.39 Å². The minimum atomic E-state index is -0.769. The van der Waals surface area contributed by atoms with Crippen molar-refractivity contribution < 1.29 is 23.1 Å². The molecule has 1 aromatic heterocycles. The Morgan fingerprint density at radius 1 is 1.17 bits per heavy atom. The number of rotatable bonds is 3. The predicted octanol–water partition coefficient (Wildman–Crippen LogP) is 4.27. The molecule has 0 saturated heterocycles. The highest BCUT2D eigenvalue weighted by atomic mass is 19.1. The second kappa shape index (κ2) is 7.20. The molecule has 2 aromatic carbocycles.